The lowest BCUT2D eigenvalue weighted by Gasteiger charge is -2.15. The van der Waals surface area contributed by atoms with Crippen LogP contribution < -0.4 is 0 Å². The van der Waals surface area contributed by atoms with Crippen LogP contribution in [0, 0.1) is 0 Å². The van der Waals surface area contributed by atoms with Crippen LogP contribution in [0.3, 0.4) is 0 Å². The van der Waals surface area contributed by atoms with E-state index in [1.165, 1.54) is 0 Å². The number of nitrogens with one attached hydrogen (secondary N) is 1. The van der Waals surface area contributed by atoms with Gasteiger partial charge in [0.25, 0.3) is 0 Å². The molecule has 6 heteroatoms. The molecule has 3 aromatic rings. The van der Waals surface area contributed by atoms with Crippen molar-refractivity contribution in [3.63, 3.8) is 0 Å². The molecule has 3 rings (SSSR count). The van der Waals surface area contributed by atoms with Crippen molar-refractivity contribution in [1.82, 2.24) is 20.6 Å². The van der Waals surface area contributed by atoms with Gasteiger partial charge < -0.3 is 9.47 Å². The number of tetrazole rings is 1. The van der Waals surface area contributed by atoms with Gasteiger partial charge in [0.05, 0.1) is 19.8 Å². The number of H-pyrrole nitrogens is 1. The maximum Gasteiger partial charge on any atom is 0.205 e. The molecule has 0 bridgehead atoms. The summed E-state index contributed by atoms with van der Waals surface area (Å²) < 4.78 is 11.6. The van der Waals surface area contributed by atoms with E-state index >= 15 is 0 Å². The molecule has 1 heterocycles. The molecular weight excluding hydrogens is 292 g/mol. The Kier molecular flexibility index (Phi) is 5.44. The van der Waals surface area contributed by atoms with Crippen molar-refractivity contribution in [2.45, 2.75) is 19.3 Å². The number of nitrogens with zero attached hydrogens (tertiary/aromatic N) is 3. The predicted molar refractivity (Wildman–Crippen MR) is 84.2 cm³/mol. The monoisotopic (exact) mass is 310 g/mol. The second-order valence-electron chi connectivity index (χ2n) is 5.06. The fraction of sp³-hybridized carbons (Fsp3) is 0.235. The van der Waals surface area contributed by atoms with Crippen LogP contribution in [-0.2, 0) is 22.7 Å². The maximum absolute atomic E-state index is 5.90. The fourth-order valence-electron chi connectivity index (χ4n) is 2.13. The fourth-order valence-corrected chi connectivity index (χ4v) is 2.13. The summed E-state index contributed by atoms with van der Waals surface area (Å²) in [5.41, 5.74) is 2.20. The molecule has 1 atom stereocenters. The van der Waals surface area contributed by atoms with Gasteiger partial charge in [-0.25, -0.2) is 0 Å². The van der Waals surface area contributed by atoms with E-state index in [-0.39, 0.29) is 6.10 Å². The van der Waals surface area contributed by atoms with E-state index in [0.29, 0.717) is 25.6 Å². The molecule has 0 spiro atoms. The van der Waals surface area contributed by atoms with Crippen molar-refractivity contribution in [3.8, 4) is 0 Å². The summed E-state index contributed by atoms with van der Waals surface area (Å²) in [6.45, 7) is 1.35. The van der Waals surface area contributed by atoms with Gasteiger partial charge in [0, 0.05) is 0 Å². The summed E-state index contributed by atoms with van der Waals surface area (Å²) in [4.78, 5) is 0. The lowest BCUT2D eigenvalue weighted by Crippen LogP contribution is -2.14. The Morgan fingerprint density at radius 3 is 2.13 bits per heavy atom. The van der Waals surface area contributed by atoms with Gasteiger partial charge in [-0.15, -0.1) is 10.2 Å². The van der Waals surface area contributed by atoms with Crippen LogP contribution >= 0.6 is 0 Å². The SMILES string of the molecule is c1ccc(COC[C@H](OCc2ccccc2)c2nn[nH]n2)cc1. The Balaban J connectivity index is 1.56. The molecule has 0 amide bonds. The first-order valence-corrected chi connectivity index (χ1v) is 7.42. The zero-order valence-electron chi connectivity index (χ0n) is 12.6. The van der Waals surface area contributed by atoms with Crippen molar-refractivity contribution in [2.75, 3.05) is 6.61 Å². The molecule has 0 fully saturated rings. The van der Waals surface area contributed by atoms with Crippen molar-refractivity contribution in [3.05, 3.63) is 77.6 Å². The maximum atomic E-state index is 5.90. The van der Waals surface area contributed by atoms with Crippen LogP contribution in [0.1, 0.15) is 23.1 Å². The normalized spacial score (nSPS) is 12.2. The Labute approximate surface area is 134 Å². The quantitative estimate of drug-likeness (QED) is 0.692. The highest BCUT2D eigenvalue weighted by atomic mass is 16.5. The zero-order valence-corrected chi connectivity index (χ0v) is 12.6. The molecule has 6 nitrogen and oxygen atoms in total. The minimum atomic E-state index is -0.363. The number of hydrogen-bond acceptors (Lipinski definition) is 5. The van der Waals surface area contributed by atoms with Crippen LogP contribution in [0.4, 0.5) is 0 Å². The molecule has 0 aliphatic rings. The number of aromatic amines is 1. The van der Waals surface area contributed by atoms with E-state index in [4.69, 9.17) is 9.47 Å². The second-order valence-corrected chi connectivity index (χ2v) is 5.06. The predicted octanol–water partition coefficient (Wildman–Crippen LogP) is 2.67. The van der Waals surface area contributed by atoms with E-state index in [0.717, 1.165) is 11.1 Å². The Bertz CT molecular complexity index is 674. The third kappa shape index (κ3) is 4.70. The number of benzene rings is 2. The van der Waals surface area contributed by atoms with Gasteiger partial charge in [-0.3, -0.25) is 0 Å². The van der Waals surface area contributed by atoms with Crippen LogP contribution in [0.2, 0.25) is 0 Å². The van der Waals surface area contributed by atoms with Crippen molar-refractivity contribution in [1.29, 1.82) is 0 Å². The highest BCUT2D eigenvalue weighted by Gasteiger charge is 2.17. The van der Waals surface area contributed by atoms with Gasteiger partial charge >= 0.3 is 0 Å². The molecule has 1 N–H and O–H groups in total. The van der Waals surface area contributed by atoms with Gasteiger partial charge in [-0.2, -0.15) is 5.21 Å². The van der Waals surface area contributed by atoms with Crippen LogP contribution in [-0.4, -0.2) is 27.2 Å². The van der Waals surface area contributed by atoms with Gasteiger partial charge in [0.15, 0.2) is 0 Å². The average Bonchev–Trinajstić information content (AvgIpc) is 3.14. The minimum absolute atomic E-state index is 0.362. The average molecular weight is 310 g/mol. The molecule has 118 valence electrons. The highest BCUT2D eigenvalue weighted by Crippen LogP contribution is 2.16. The molecule has 23 heavy (non-hydrogen) atoms. The topological polar surface area (TPSA) is 72.9 Å². The van der Waals surface area contributed by atoms with Gasteiger partial charge in [-0.1, -0.05) is 65.9 Å². The smallest absolute Gasteiger partial charge is 0.205 e. The van der Waals surface area contributed by atoms with Crippen molar-refractivity contribution in [2.24, 2.45) is 0 Å². The van der Waals surface area contributed by atoms with Crippen molar-refractivity contribution < 1.29 is 9.47 Å². The summed E-state index contributed by atoms with van der Waals surface area (Å²) >= 11 is 0. The minimum Gasteiger partial charge on any atom is -0.374 e. The van der Waals surface area contributed by atoms with Crippen LogP contribution in [0.5, 0.6) is 0 Å². The first-order chi connectivity index (χ1) is 11.4. The van der Waals surface area contributed by atoms with Gasteiger partial charge in [0.2, 0.25) is 5.82 Å². The van der Waals surface area contributed by atoms with E-state index in [1.807, 2.05) is 60.7 Å². The molecular formula is C17H18N4O2. The summed E-state index contributed by atoms with van der Waals surface area (Å²) in [5.74, 6) is 0.494. The van der Waals surface area contributed by atoms with E-state index in [1.54, 1.807) is 0 Å². The lowest BCUT2D eigenvalue weighted by atomic mass is 10.2. The van der Waals surface area contributed by atoms with E-state index < -0.39 is 0 Å². The van der Waals surface area contributed by atoms with Gasteiger partial charge in [0.1, 0.15) is 6.10 Å². The number of hydrogen-bond donors (Lipinski definition) is 1. The summed E-state index contributed by atoms with van der Waals surface area (Å²) in [6, 6.07) is 20.0. The molecule has 0 saturated heterocycles. The zero-order chi connectivity index (χ0) is 15.7. The molecule has 0 radical (unpaired) electrons. The molecule has 0 unspecified atom stereocenters. The standard InChI is InChI=1S/C17H18N4O2/c1-3-7-14(8-4-1)11-22-13-16(17-18-20-21-19-17)23-12-15-9-5-2-6-10-15/h1-10,16H,11-13H2,(H,18,19,20,21)/t16-/m0/s1. The molecule has 1 aromatic heterocycles. The number of ether oxygens (including phenoxy) is 2. The first-order valence-electron chi connectivity index (χ1n) is 7.42. The lowest BCUT2D eigenvalue weighted by molar-refractivity contribution is -0.0356. The molecule has 2 aromatic carbocycles. The van der Waals surface area contributed by atoms with E-state index in [9.17, 15) is 0 Å². The Hall–Kier alpha value is -2.57. The van der Waals surface area contributed by atoms with Crippen LogP contribution in [0.25, 0.3) is 0 Å². The molecule has 0 saturated carbocycles. The Morgan fingerprint density at radius 2 is 1.52 bits per heavy atom. The second kappa shape index (κ2) is 8.17. The number of aromatic nitrogens is 4. The first kappa shape index (κ1) is 15.3. The Morgan fingerprint density at radius 1 is 0.870 bits per heavy atom. The van der Waals surface area contributed by atoms with Crippen LogP contribution in [0.15, 0.2) is 60.7 Å². The van der Waals surface area contributed by atoms with Gasteiger partial charge in [-0.05, 0) is 11.1 Å². The summed E-state index contributed by atoms with van der Waals surface area (Å²) in [7, 11) is 0. The van der Waals surface area contributed by atoms with E-state index in [2.05, 4.69) is 20.6 Å². The molecule has 0 aliphatic carbocycles. The largest absolute Gasteiger partial charge is 0.374 e. The molecule has 0 aliphatic heterocycles. The highest BCUT2D eigenvalue weighted by molar-refractivity contribution is 5.14. The third-order valence-electron chi connectivity index (χ3n) is 3.32. The summed E-state index contributed by atoms with van der Waals surface area (Å²) in [5, 5.41) is 14.0. The number of rotatable bonds is 8. The van der Waals surface area contributed by atoms with Crippen molar-refractivity contribution >= 4 is 0 Å². The summed E-state index contributed by atoms with van der Waals surface area (Å²) in [6.07, 6.45) is -0.363. The third-order valence-corrected chi connectivity index (χ3v) is 3.32.